The van der Waals surface area contributed by atoms with E-state index >= 15 is 0 Å². The van der Waals surface area contributed by atoms with E-state index < -0.39 is 0 Å². The van der Waals surface area contributed by atoms with E-state index in [0.29, 0.717) is 23.7 Å². The molecule has 4 unspecified atom stereocenters. The summed E-state index contributed by atoms with van der Waals surface area (Å²) < 4.78 is 0. The van der Waals surface area contributed by atoms with Crippen molar-refractivity contribution in [3.63, 3.8) is 0 Å². The van der Waals surface area contributed by atoms with Crippen molar-refractivity contribution in [2.24, 2.45) is 34.8 Å². The van der Waals surface area contributed by atoms with Crippen LogP contribution in [0.1, 0.15) is 162 Å². The van der Waals surface area contributed by atoms with E-state index in [2.05, 4.69) is 121 Å². The maximum atomic E-state index is 13.1. The molecule has 53 heavy (non-hydrogen) atoms. The van der Waals surface area contributed by atoms with Gasteiger partial charge in [-0.1, -0.05) is 148 Å². The fraction of sp³-hybridized carbons (Fsp3) is 0.761. The summed E-state index contributed by atoms with van der Waals surface area (Å²) in [5, 5.41) is 14.2. The highest BCUT2D eigenvalue weighted by Crippen LogP contribution is 2.57. The zero-order valence-electron chi connectivity index (χ0n) is 37.8. The topological polar surface area (TPSA) is 94.5 Å². The number of unbranched alkanes of at least 4 members (excludes halogenated alkanes) is 1. The highest BCUT2D eigenvalue weighted by Gasteiger charge is 2.60. The Bertz CT molecular complexity index is 1110. The highest BCUT2D eigenvalue weighted by molar-refractivity contribution is 5.98. The lowest BCUT2D eigenvalue weighted by Crippen LogP contribution is -2.52. The van der Waals surface area contributed by atoms with Crippen LogP contribution in [0.5, 0.6) is 0 Å². The maximum absolute atomic E-state index is 13.1. The number of nitrogens with one attached hydrogen (secondary N) is 4. The molecule has 1 aliphatic heterocycles. The fourth-order valence-corrected chi connectivity index (χ4v) is 7.48. The Hall–Kier alpha value is -2.83. The number of ketones is 1. The van der Waals surface area contributed by atoms with Gasteiger partial charge < -0.3 is 31.9 Å². The zero-order chi connectivity index (χ0) is 41.7. The molecule has 1 saturated heterocycles. The van der Waals surface area contributed by atoms with E-state index in [4.69, 9.17) is 5.73 Å². The number of piperidine rings is 1. The maximum Gasteiger partial charge on any atom is 0.199 e. The van der Waals surface area contributed by atoms with Crippen LogP contribution < -0.4 is 27.0 Å². The van der Waals surface area contributed by atoms with Crippen LogP contribution in [-0.4, -0.2) is 47.4 Å². The molecule has 2 aliphatic carbocycles. The molecule has 3 rings (SSSR count). The van der Waals surface area contributed by atoms with Crippen LogP contribution in [-0.2, 0) is 4.79 Å². The molecule has 6 atom stereocenters. The smallest absolute Gasteiger partial charge is 0.199 e. The van der Waals surface area contributed by atoms with Gasteiger partial charge in [-0.05, 0) is 75.5 Å². The molecule has 7 nitrogen and oxygen atoms in total. The summed E-state index contributed by atoms with van der Waals surface area (Å²) in [4.78, 5) is 15.6. The van der Waals surface area contributed by atoms with Gasteiger partial charge in [-0.15, -0.1) is 0 Å². The van der Waals surface area contributed by atoms with Crippen LogP contribution in [0.15, 0.2) is 61.5 Å². The third-order valence-electron chi connectivity index (χ3n) is 9.82. The molecular weight excluding hydrogens is 653 g/mol. The van der Waals surface area contributed by atoms with Gasteiger partial charge in [0.15, 0.2) is 5.78 Å². The van der Waals surface area contributed by atoms with Gasteiger partial charge in [0.2, 0.25) is 0 Å². The van der Waals surface area contributed by atoms with E-state index in [9.17, 15) is 4.79 Å². The normalized spacial score (nSPS) is 21.1. The monoisotopic (exact) mass is 743 g/mol. The number of carbonyl (C=O) groups excluding carboxylic acids is 1. The van der Waals surface area contributed by atoms with E-state index in [-0.39, 0.29) is 40.6 Å². The van der Waals surface area contributed by atoms with Crippen molar-refractivity contribution >= 4 is 5.78 Å². The summed E-state index contributed by atoms with van der Waals surface area (Å²) >= 11 is 0. The second-order valence-corrected chi connectivity index (χ2v) is 16.7. The minimum Gasteiger partial charge on any atom is -0.396 e. The Balaban J connectivity index is 0. The summed E-state index contributed by atoms with van der Waals surface area (Å²) in [5.74, 6) is 2.98. The lowest BCUT2D eigenvalue weighted by Gasteiger charge is -2.42. The summed E-state index contributed by atoms with van der Waals surface area (Å²) in [6.45, 7) is 55.0. The third kappa shape index (κ3) is 18.4. The second kappa shape index (κ2) is 26.1. The molecule has 0 amide bonds. The van der Waals surface area contributed by atoms with Crippen molar-refractivity contribution < 1.29 is 4.79 Å². The molecule has 6 N–H and O–H groups in total. The standard InChI is InChI=1S/C37H64N6O.C3H8.3C2H6/c1-23(42-37(10,11)12)17-15-16-20-39-28(6)41-35(36(7,8)9)27(5)43-22-30-24(2)32(30)33(43)26(4)40-31(34(44)25(3)38)21-29-18-13-14-19-29;1-3-2;3*1-2/h24,29-33,35,39-42H,1,3-6,13-22,38H2,2,7-12H3;3H2,1-2H3;3*1-2H3/t24?,30-,31?,32+,33?,35?;;;;/m1..../s1. The summed E-state index contributed by atoms with van der Waals surface area (Å²) in [6, 6.07) is -0.329. The number of carbonyl (C=O) groups is 1. The van der Waals surface area contributed by atoms with Crippen LogP contribution >= 0.6 is 0 Å². The van der Waals surface area contributed by atoms with E-state index in [1.165, 1.54) is 32.1 Å². The number of nitrogens with two attached hydrogens (primary N) is 1. The van der Waals surface area contributed by atoms with Crippen LogP contribution in [0, 0.1) is 29.1 Å². The molecule has 0 aromatic carbocycles. The lowest BCUT2D eigenvalue weighted by atomic mass is 9.84. The van der Waals surface area contributed by atoms with E-state index in [1.54, 1.807) is 0 Å². The number of fused-ring (bicyclic) bond motifs is 1. The van der Waals surface area contributed by atoms with Crippen molar-refractivity contribution in [1.82, 2.24) is 26.2 Å². The minimum absolute atomic E-state index is 0.0268. The highest BCUT2D eigenvalue weighted by atomic mass is 16.1. The van der Waals surface area contributed by atoms with Crippen LogP contribution in [0.4, 0.5) is 0 Å². The molecule has 7 heteroatoms. The summed E-state index contributed by atoms with van der Waals surface area (Å²) in [5.41, 5.74) is 9.01. The average molecular weight is 743 g/mol. The number of allylic oxidation sites excluding steroid dienone is 1. The zero-order valence-corrected chi connectivity index (χ0v) is 37.8. The van der Waals surface area contributed by atoms with Gasteiger partial charge in [-0.25, -0.2) is 0 Å². The number of Topliss-reactive ketones (excluding diaryl/α,β-unsaturated/α-hetero) is 1. The molecule has 310 valence electrons. The van der Waals surface area contributed by atoms with Gasteiger partial charge in [0.05, 0.1) is 29.6 Å². The Morgan fingerprint density at radius 2 is 1.40 bits per heavy atom. The molecule has 2 saturated carbocycles. The number of rotatable bonds is 18. The SMILES string of the molecule is C=C(CCCCNC(=C)NC(C(=C)N1C[C@@H]2C(C)[C@@H]2C1C(=C)NC(CC1CCCC1)C(=O)C(=C)N)C(C)(C)C)NC(C)(C)C.CC.CC.CC.CCC. The first-order valence-corrected chi connectivity index (χ1v) is 21.4. The van der Waals surface area contributed by atoms with Gasteiger partial charge in [0, 0.05) is 35.7 Å². The van der Waals surface area contributed by atoms with Crippen molar-refractivity contribution in [2.75, 3.05) is 13.1 Å². The van der Waals surface area contributed by atoms with Crippen molar-refractivity contribution in [2.45, 2.75) is 185 Å². The van der Waals surface area contributed by atoms with Gasteiger partial charge in [0.1, 0.15) is 0 Å². The molecule has 3 aliphatic rings. The number of nitrogens with zero attached hydrogens (tertiary/aromatic N) is 1. The van der Waals surface area contributed by atoms with Gasteiger partial charge in [-0.2, -0.15) is 0 Å². The molecule has 0 aromatic heterocycles. The number of hydrogen-bond acceptors (Lipinski definition) is 7. The van der Waals surface area contributed by atoms with Crippen LogP contribution in [0.3, 0.4) is 0 Å². The molecule has 0 spiro atoms. The Morgan fingerprint density at radius 3 is 1.87 bits per heavy atom. The van der Waals surface area contributed by atoms with Crippen molar-refractivity contribution in [3.8, 4) is 0 Å². The fourth-order valence-electron chi connectivity index (χ4n) is 7.48. The van der Waals surface area contributed by atoms with Crippen LogP contribution in [0.25, 0.3) is 0 Å². The first-order valence-electron chi connectivity index (χ1n) is 21.4. The number of hydrogen-bond donors (Lipinski definition) is 5. The lowest BCUT2D eigenvalue weighted by molar-refractivity contribution is -0.117. The van der Waals surface area contributed by atoms with Crippen molar-refractivity contribution in [3.05, 3.63) is 61.5 Å². The van der Waals surface area contributed by atoms with Gasteiger partial charge in [-0.3, -0.25) is 4.79 Å². The first-order chi connectivity index (χ1) is 24.8. The Kier molecular flexibility index (Phi) is 25.7. The molecular formula is C46H90N6O. The third-order valence-corrected chi connectivity index (χ3v) is 9.82. The number of likely N-dealkylation sites (tertiary alicyclic amines) is 1. The largest absolute Gasteiger partial charge is 0.396 e. The molecule has 0 bridgehead atoms. The molecule has 3 fully saturated rings. The van der Waals surface area contributed by atoms with Gasteiger partial charge >= 0.3 is 0 Å². The molecule has 0 aromatic rings. The quantitative estimate of drug-likeness (QED) is 0.0705. The molecule has 0 radical (unpaired) electrons. The van der Waals surface area contributed by atoms with Gasteiger partial charge in [0.25, 0.3) is 0 Å². The Labute approximate surface area is 330 Å². The molecule has 1 heterocycles. The predicted molar refractivity (Wildman–Crippen MR) is 236 cm³/mol. The minimum atomic E-state index is -0.381. The van der Waals surface area contributed by atoms with Crippen LogP contribution in [0.2, 0.25) is 0 Å². The first kappa shape index (κ1) is 52.3. The summed E-state index contributed by atoms with van der Waals surface area (Å²) in [6.07, 6.45) is 9.90. The average Bonchev–Trinajstić information content (AvgIpc) is 3.44. The summed E-state index contributed by atoms with van der Waals surface area (Å²) in [7, 11) is 0. The van der Waals surface area contributed by atoms with Crippen molar-refractivity contribution in [1.29, 1.82) is 0 Å². The van der Waals surface area contributed by atoms with E-state index in [1.807, 2.05) is 41.5 Å². The predicted octanol–water partition coefficient (Wildman–Crippen LogP) is 10.8. The Morgan fingerprint density at radius 1 is 0.868 bits per heavy atom. The second-order valence-electron chi connectivity index (χ2n) is 16.7. The van der Waals surface area contributed by atoms with E-state index in [0.717, 1.165) is 61.7 Å².